The Morgan fingerprint density at radius 1 is 1.18 bits per heavy atom. The van der Waals surface area contributed by atoms with Crippen LogP contribution < -0.4 is 0 Å². The minimum absolute atomic E-state index is 0.308. The number of ether oxygens (including phenoxy) is 3. The highest BCUT2D eigenvalue weighted by Crippen LogP contribution is 2.57. The maximum Gasteiger partial charge on any atom is 0.342 e. The summed E-state index contributed by atoms with van der Waals surface area (Å²) in [4.78, 5) is 50.2. The molecule has 2 fully saturated rings. The summed E-state index contributed by atoms with van der Waals surface area (Å²) in [6, 6.07) is 0. The van der Waals surface area contributed by atoms with Gasteiger partial charge in [-0.15, -0.1) is 0 Å². The average molecular weight is 461 g/mol. The zero-order valence-electron chi connectivity index (χ0n) is 20.0. The van der Waals surface area contributed by atoms with Crippen molar-refractivity contribution >= 4 is 23.7 Å². The lowest BCUT2D eigenvalue weighted by atomic mass is 9.54. The molecule has 0 aromatic rings. The number of rotatable bonds is 5. The average Bonchev–Trinajstić information content (AvgIpc) is 3.02. The Kier molecular flexibility index (Phi) is 6.71. The molecule has 8 nitrogen and oxygen atoms in total. The van der Waals surface area contributed by atoms with Gasteiger partial charge in [-0.2, -0.15) is 0 Å². The van der Waals surface area contributed by atoms with Crippen LogP contribution in [0.2, 0.25) is 0 Å². The van der Waals surface area contributed by atoms with Gasteiger partial charge >= 0.3 is 17.9 Å². The molecule has 0 amide bonds. The van der Waals surface area contributed by atoms with Gasteiger partial charge in [0, 0.05) is 28.4 Å². The van der Waals surface area contributed by atoms with E-state index in [1.54, 1.807) is 46.8 Å². The molecule has 6 atom stereocenters. The van der Waals surface area contributed by atoms with Crippen LogP contribution in [0.3, 0.4) is 0 Å². The van der Waals surface area contributed by atoms with E-state index in [0.29, 0.717) is 29.6 Å². The van der Waals surface area contributed by atoms with Gasteiger partial charge in [0.15, 0.2) is 11.9 Å². The minimum atomic E-state index is -1.98. The van der Waals surface area contributed by atoms with E-state index in [1.165, 1.54) is 6.08 Å². The van der Waals surface area contributed by atoms with E-state index in [-0.39, 0.29) is 5.78 Å². The van der Waals surface area contributed by atoms with Crippen LogP contribution in [0.25, 0.3) is 0 Å². The molecular weight excluding hydrogens is 428 g/mol. The quantitative estimate of drug-likeness (QED) is 0.378. The lowest BCUT2D eigenvalue weighted by molar-refractivity contribution is -0.171. The van der Waals surface area contributed by atoms with Crippen molar-refractivity contribution in [3.05, 3.63) is 34.9 Å². The van der Waals surface area contributed by atoms with Crippen molar-refractivity contribution in [1.29, 1.82) is 0 Å². The zero-order chi connectivity index (χ0) is 24.7. The van der Waals surface area contributed by atoms with E-state index < -0.39 is 59.6 Å². The second-order valence-corrected chi connectivity index (χ2v) is 9.52. The van der Waals surface area contributed by atoms with Crippen LogP contribution in [0.15, 0.2) is 34.9 Å². The van der Waals surface area contributed by atoms with E-state index in [0.717, 1.165) is 0 Å². The minimum Gasteiger partial charge on any atom is -0.459 e. The molecular formula is C25H32O8. The zero-order valence-corrected chi connectivity index (χ0v) is 20.0. The number of allylic oxidation sites excluding steroid dienone is 2. The summed E-state index contributed by atoms with van der Waals surface area (Å²) in [6.45, 7) is 9.71. The van der Waals surface area contributed by atoms with E-state index in [1.807, 2.05) is 6.92 Å². The lowest BCUT2D eigenvalue weighted by Crippen LogP contribution is -2.59. The highest BCUT2D eigenvalue weighted by atomic mass is 16.6. The van der Waals surface area contributed by atoms with E-state index >= 15 is 0 Å². The first-order valence-corrected chi connectivity index (χ1v) is 11.2. The molecule has 0 aromatic carbocycles. The van der Waals surface area contributed by atoms with Gasteiger partial charge in [0.25, 0.3) is 0 Å². The van der Waals surface area contributed by atoms with Gasteiger partial charge in [0.2, 0.25) is 5.60 Å². The largest absolute Gasteiger partial charge is 0.459 e. The maximum atomic E-state index is 12.9. The van der Waals surface area contributed by atoms with Gasteiger partial charge in [-0.05, 0) is 53.5 Å². The SMILES string of the molecule is CC=C(C)C(=O)OC[C@]1(O)C(=O)O[C@@H]2[C@H]1CC[C@]1(C)[C@H](OC(=O)C(C)=CC)C(=O)C=C(C)[C@@H]21. The summed E-state index contributed by atoms with van der Waals surface area (Å²) in [6.07, 6.45) is 3.59. The molecule has 1 saturated heterocycles. The highest BCUT2D eigenvalue weighted by Gasteiger charge is 2.67. The summed E-state index contributed by atoms with van der Waals surface area (Å²) in [7, 11) is 0. The van der Waals surface area contributed by atoms with Crippen molar-refractivity contribution in [2.24, 2.45) is 17.3 Å². The molecule has 0 radical (unpaired) electrons. The first-order chi connectivity index (χ1) is 15.4. The third-order valence-electron chi connectivity index (χ3n) is 7.52. The van der Waals surface area contributed by atoms with E-state index in [9.17, 15) is 24.3 Å². The van der Waals surface area contributed by atoms with Gasteiger partial charge in [-0.1, -0.05) is 24.6 Å². The number of hydrogen-bond acceptors (Lipinski definition) is 8. The summed E-state index contributed by atoms with van der Waals surface area (Å²) < 4.78 is 16.5. The summed E-state index contributed by atoms with van der Waals surface area (Å²) >= 11 is 0. The normalized spacial score (nSPS) is 36.4. The highest BCUT2D eigenvalue weighted by molar-refractivity contribution is 5.99. The Morgan fingerprint density at radius 3 is 2.39 bits per heavy atom. The Morgan fingerprint density at radius 2 is 1.79 bits per heavy atom. The number of fused-ring (bicyclic) bond motifs is 3. The first kappa shape index (κ1) is 24.9. The molecule has 33 heavy (non-hydrogen) atoms. The Labute approximate surface area is 193 Å². The number of carbonyl (C=O) groups excluding carboxylic acids is 4. The Bertz CT molecular complexity index is 973. The number of aliphatic hydroxyl groups is 1. The number of carbonyl (C=O) groups is 4. The van der Waals surface area contributed by atoms with Gasteiger partial charge in [-0.25, -0.2) is 14.4 Å². The molecule has 1 aliphatic heterocycles. The molecule has 2 aliphatic carbocycles. The molecule has 0 aromatic heterocycles. The number of esters is 3. The van der Waals surface area contributed by atoms with Crippen molar-refractivity contribution < 1.29 is 38.5 Å². The van der Waals surface area contributed by atoms with Crippen molar-refractivity contribution in [3.63, 3.8) is 0 Å². The van der Waals surface area contributed by atoms with Crippen LogP contribution in [0.5, 0.6) is 0 Å². The number of ketones is 1. The van der Waals surface area contributed by atoms with Crippen molar-refractivity contribution in [1.82, 2.24) is 0 Å². The monoisotopic (exact) mass is 460 g/mol. The summed E-state index contributed by atoms with van der Waals surface area (Å²) in [5.74, 6) is -3.42. The van der Waals surface area contributed by atoms with E-state index in [4.69, 9.17) is 14.2 Å². The summed E-state index contributed by atoms with van der Waals surface area (Å²) in [5, 5.41) is 11.2. The van der Waals surface area contributed by atoms with Crippen LogP contribution >= 0.6 is 0 Å². The molecule has 0 unspecified atom stereocenters. The molecule has 1 heterocycles. The second-order valence-electron chi connectivity index (χ2n) is 9.52. The van der Waals surface area contributed by atoms with Crippen LogP contribution in [0, 0.1) is 17.3 Å². The van der Waals surface area contributed by atoms with Crippen molar-refractivity contribution in [3.8, 4) is 0 Å². The van der Waals surface area contributed by atoms with Crippen molar-refractivity contribution in [2.75, 3.05) is 6.61 Å². The van der Waals surface area contributed by atoms with Crippen LogP contribution in [-0.2, 0) is 33.4 Å². The molecule has 3 aliphatic rings. The molecule has 0 bridgehead atoms. The third kappa shape index (κ3) is 4.05. The standard InChI is InChI=1S/C25H32O8/c1-7-13(3)21(27)31-12-25(30)16-9-10-24(6)18(19(16)32-23(25)29)15(5)11-17(26)20(24)33-22(28)14(4)8-2/h7-8,11,16,18-20,30H,9-10,12H2,1-6H3/t16-,18+,19-,20-,24+,25-/m1/s1. The molecule has 1 N–H and O–H groups in total. The van der Waals surface area contributed by atoms with Crippen LogP contribution in [0.1, 0.15) is 54.4 Å². The molecule has 0 spiro atoms. The van der Waals surface area contributed by atoms with Gasteiger partial charge in [0.05, 0.1) is 0 Å². The fraction of sp³-hybridized carbons (Fsp3) is 0.600. The first-order valence-electron chi connectivity index (χ1n) is 11.2. The lowest BCUT2D eigenvalue weighted by Gasteiger charge is -2.52. The van der Waals surface area contributed by atoms with Crippen LogP contribution in [-0.4, -0.2) is 53.2 Å². The third-order valence-corrected chi connectivity index (χ3v) is 7.52. The molecule has 3 rings (SSSR count). The maximum absolute atomic E-state index is 12.9. The summed E-state index contributed by atoms with van der Waals surface area (Å²) in [5.41, 5.74) is -1.34. The Balaban J connectivity index is 1.91. The number of hydrogen-bond donors (Lipinski definition) is 1. The van der Waals surface area contributed by atoms with Crippen molar-refractivity contribution in [2.45, 2.75) is 72.2 Å². The fourth-order valence-electron chi connectivity index (χ4n) is 5.30. The van der Waals surface area contributed by atoms with Gasteiger partial charge in [-0.3, -0.25) is 4.79 Å². The predicted octanol–water partition coefficient (Wildman–Crippen LogP) is 2.59. The molecule has 8 heteroatoms. The molecule has 1 saturated carbocycles. The van der Waals surface area contributed by atoms with Gasteiger partial charge < -0.3 is 19.3 Å². The van der Waals surface area contributed by atoms with E-state index in [2.05, 4.69) is 0 Å². The van der Waals surface area contributed by atoms with Crippen LogP contribution in [0.4, 0.5) is 0 Å². The molecule has 180 valence electrons. The van der Waals surface area contributed by atoms with Gasteiger partial charge in [0.1, 0.15) is 12.7 Å². The Hall–Kier alpha value is -2.74. The smallest absolute Gasteiger partial charge is 0.342 e. The topological polar surface area (TPSA) is 116 Å². The predicted molar refractivity (Wildman–Crippen MR) is 118 cm³/mol. The second kappa shape index (κ2) is 8.89. The fourth-order valence-corrected chi connectivity index (χ4v) is 5.30.